The number of sulfone groups is 1. The normalized spacial score (nSPS) is 18.8. The van der Waals surface area contributed by atoms with Crippen LogP contribution in [0.4, 0.5) is 10.4 Å². The number of pyridine rings is 1. The molecule has 0 N–H and O–H groups in total. The lowest BCUT2D eigenvalue weighted by molar-refractivity contribution is 0.130. The maximum Gasteiger partial charge on any atom is 0.324 e. The van der Waals surface area contributed by atoms with Crippen molar-refractivity contribution in [2.75, 3.05) is 30.9 Å². The van der Waals surface area contributed by atoms with Crippen LogP contribution >= 0.6 is 11.3 Å². The Morgan fingerprint density at radius 2 is 1.94 bits per heavy atom. The number of rotatable bonds is 7. The molecule has 5 rings (SSSR count). The Kier molecular flexibility index (Phi) is 6.64. The minimum absolute atomic E-state index is 0.148. The molecular formula is C24H26FN5O4S2. The maximum atomic E-state index is 14.9. The molecule has 0 saturated carbocycles. The summed E-state index contributed by atoms with van der Waals surface area (Å²) in [6.07, 6.45) is 0.676. The van der Waals surface area contributed by atoms with E-state index in [1.807, 2.05) is 26.0 Å². The monoisotopic (exact) mass is 531 g/mol. The molecular weight excluding hydrogens is 505 g/mol. The van der Waals surface area contributed by atoms with Crippen LogP contribution in [-0.4, -0.2) is 60.7 Å². The van der Waals surface area contributed by atoms with Crippen molar-refractivity contribution in [2.24, 2.45) is 5.92 Å². The molecule has 0 radical (unpaired) electrons. The lowest BCUT2D eigenvalue weighted by atomic mass is 9.96. The summed E-state index contributed by atoms with van der Waals surface area (Å²) in [4.78, 5) is 16.2. The molecule has 2 atom stereocenters. The maximum absolute atomic E-state index is 14.9. The molecule has 1 aliphatic heterocycles. The van der Waals surface area contributed by atoms with Crippen LogP contribution in [0, 0.1) is 5.92 Å². The molecule has 36 heavy (non-hydrogen) atoms. The number of nitrogens with zero attached hydrogens (tertiary/aromatic N) is 5. The number of anilines is 1. The van der Waals surface area contributed by atoms with Crippen molar-refractivity contribution in [2.45, 2.75) is 37.3 Å². The number of aromatic nitrogens is 4. The van der Waals surface area contributed by atoms with Crippen molar-refractivity contribution in [3.05, 3.63) is 42.2 Å². The van der Waals surface area contributed by atoms with Crippen molar-refractivity contribution >= 4 is 37.5 Å². The molecule has 1 fully saturated rings. The smallest absolute Gasteiger partial charge is 0.324 e. The number of ether oxygens (including phenoxy) is 1. The third-order valence-corrected chi connectivity index (χ3v) is 8.14. The van der Waals surface area contributed by atoms with Gasteiger partial charge in [0.1, 0.15) is 16.5 Å². The fourth-order valence-corrected chi connectivity index (χ4v) is 5.40. The van der Waals surface area contributed by atoms with Crippen LogP contribution < -0.4 is 9.64 Å². The Morgan fingerprint density at radius 1 is 1.17 bits per heavy atom. The van der Waals surface area contributed by atoms with Gasteiger partial charge in [0, 0.05) is 30.2 Å². The van der Waals surface area contributed by atoms with Crippen molar-refractivity contribution < 1.29 is 22.1 Å². The Bertz CT molecular complexity index is 1470. The summed E-state index contributed by atoms with van der Waals surface area (Å²) in [6, 6.07) is 10.6. The molecule has 1 aliphatic rings. The fraction of sp³-hybridized carbons (Fsp3) is 0.417. The molecule has 0 aliphatic carbocycles. The van der Waals surface area contributed by atoms with Gasteiger partial charge >= 0.3 is 6.01 Å². The molecule has 9 nitrogen and oxygen atoms in total. The van der Waals surface area contributed by atoms with Crippen LogP contribution in [0.3, 0.4) is 0 Å². The van der Waals surface area contributed by atoms with Crippen molar-refractivity contribution in [1.82, 2.24) is 20.1 Å². The molecule has 1 aromatic carbocycles. The number of fused-ring (bicyclic) bond motifs is 1. The largest absolute Gasteiger partial charge is 0.470 e. The van der Waals surface area contributed by atoms with E-state index in [4.69, 9.17) is 9.26 Å². The standard InChI is InChI=1S/C24H26FN5O4S2/c1-14(2)21-28-23(34-29-21)30-11-10-16(18(25)12-30)13-33-24-27-20-9-8-19(26-22(20)35-24)15-4-6-17(7-5-15)36(3,31)32/h4-9,14,16,18H,10-13H2,1-3H3/t16-,18+/m0/s1. The molecule has 4 aromatic rings. The molecule has 4 heterocycles. The number of halogens is 1. The summed E-state index contributed by atoms with van der Waals surface area (Å²) >= 11 is 1.30. The molecule has 190 valence electrons. The van der Waals surface area contributed by atoms with E-state index in [0.29, 0.717) is 46.0 Å². The first-order valence-electron chi connectivity index (χ1n) is 11.6. The predicted octanol–water partition coefficient (Wildman–Crippen LogP) is 4.51. The van der Waals surface area contributed by atoms with E-state index in [2.05, 4.69) is 20.1 Å². The van der Waals surface area contributed by atoms with Crippen LogP contribution in [0.25, 0.3) is 21.6 Å². The van der Waals surface area contributed by atoms with Crippen LogP contribution in [0.2, 0.25) is 0 Å². The van der Waals surface area contributed by atoms with E-state index < -0.39 is 16.0 Å². The average Bonchev–Trinajstić information content (AvgIpc) is 3.50. The molecule has 3 aromatic heterocycles. The number of benzene rings is 1. The first kappa shape index (κ1) is 24.6. The highest BCUT2D eigenvalue weighted by molar-refractivity contribution is 7.90. The van der Waals surface area contributed by atoms with Gasteiger partial charge in [0.2, 0.25) is 0 Å². The minimum Gasteiger partial charge on any atom is -0.470 e. The number of hydrogen-bond donors (Lipinski definition) is 0. The number of thiazole rings is 1. The van der Waals surface area contributed by atoms with Gasteiger partial charge in [-0.3, -0.25) is 0 Å². The summed E-state index contributed by atoms with van der Waals surface area (Å²) in [5.41, 5.74) is 2.19. The zero-order valence-electron chi connectivity index (χ0n) is 20.1. The topological polar surface area (TPSA) is 111 Å². The Hall–Kier alpha value is -3.12. The van der Waals surface area contributed by atoms with Gasteiger partial charge in [-0.2, -0.15) is 4.98 Å². The highest BCUT2D eigenvalue weighted by atomic mass is 32.2. The molecule has 0 spiro atoms. The van der Waals surface area contributed by atoms with E-state index in [9.17, 15) is 12.8 Å². The highest BCUT2D eigenvalue weighted by Gasteiger charge is 2.32. The highest BCUT2D eigenvalue weighted by Crippen LogP contribution is 2.31. The van der Waals surface area contributed by atoms with Crippen molar-refractivity contribution in [3.63, 3.8) is 0 Å². The van der Waals surface area contributed by atoms with E-state index >= 15 is 0 Å². The Morgan fingerprint density at radius 3 is 2.61 bits per heavy atom. The number of hydrogen-bond acceptors (Lipinski definition) is 10. The van der Waals surface area contributed by atoms with E-state index in [-0.39, 0.29) is 29.9 Å². The summed E-state index contributed by atoms with van der Waals surface area (Å²) < 4.78 is 49.5. The third-order valence-electron chi connectivity index (χ3n) is 6.13. The molecule has 12 heteroatoms. The van der Waals surface area contributed by atoms with E-state index in [1.54, 1.807) is 29.2 Å². The second kappa shape index (κ2) is 9.74. The van der Waals surface area contributed by atoms with E-state index in [0.717, 1.165) is 5.56 Å². The SMILES string of the molecule is CC(C)c1noc(N2CC[C@@H](COc3nc4ccc(-c5ccc(S(C)(=O)=O)cc5)nc4s3)[C@H](F)C2)n1. The molecule has 0 unspecified atom stereocenters. The van der Waals surface area contributed by atoms with Gasteiger partial charge in [0.25, 0.3) is 5.19 Å². The second-order valence-corrected chi connectivity index (χ2v) is 12.2. The summed E-state index contributed by atoms with van der Waals surface area (Å²) in [5, 5.41) is 4.40. The lowest BCUT2D eigenvalue weighted by Gasteiger charge is -2.32. The van der Waals surface area contributed by atoms with Crippen LogP contribution in [-0.2, 0) is 9.84 Å². The van der Waals surface area contributed by atoms with Gasteiger partial charge in [-0.15, -0.1) is 0 Å². The van der Waals surface area contributed by atoms with Crippen molar-refractivity contribution in [3.8, 4) is 16.5 Å². The van der Waals surface area contributed by atoms with Crippen LogP contribution in [0.1, 0.15) is 32.0 Å². The third kappa shape index (κ3) is 5.19. The van der Waals surface area contributed by atoms with E-state index in [1.165, 1.54) is 17.6 Å². The van der Waals surface area contributed by atoms with Crippen molar-refractivity contribution in [1.29, 1.82) is 0 Å². The minimum atomic E-state index is -3.26. The van der Waals surface area contributed by atoms with Crippen LogP contribution in [0.5, 0.6) is 5.19 Å². The summed E-state index contributed by atoms with van der Waals surface area (Å²) in [5.74, 6) is 0.497. The average molecular weight is 532 g/mol. The Balaban J connectivity index is 1.22. The van der Waals surface area contributed by atoms with Gasteiger partial charge in [0.05, 0.1) is 23.7 Å². The molecule has 0 amide bonds. The fourth-order valence-electron chi connectivity index (χ4n) is 3.98. The van der Waals surface area contributed by atoms with Gasteiger partial charge in [-0.1, -0.05) is 42.5 Å². The first-order valence-corrected chi connectivity index (χ1v) is 14.3. The molecule has 0 bridgehead atoms. The predicted molar refractivity (Wildman–Crippen MR) is 135 cm³/mol. The number of alkyl halides is 1. The quantitative estimate of drug-likeness (QED) is 0.340. The lowest BCUT2D eigenvalue weighted by Crippen LogP contribution is -2.44. The van der Waals surface area contributed by atoms with Gasteiger partial charge < -0.3 is 14.2 Å². The Labute approximate surface area is 212 Å². The second-order valence-electron chi connectivity index (χ2n) is 9.21. The van der Waals surface area contributed by atoms with Crippen LogP contribution in [0.15, 0.2) is 45.8 Å². The van der Waals surface area contributed by atoms with Gasteiger partial charge in [-0.05, 0) is 30.7 Å². The number of piperidine rings is 1. The summed E-state index contributed by atoms with van der Waals surface area (Å²) in [6.45, 7) is 4.96. The van der Waals surface area contributed by atoms with Gasteiger partial charge in [-0.25, -0.2) is 22.8 Å². The molecule has 1 saturated heterocycles. The zero-order valence-corrected chi connectivity index (χ0v) is 21.7. The van der Waals surface area contributed by atoms with Gasteiger partial charge in [0.15, 0.2) is 15.7 Å². The first-order chi connectivity index (χ1) is 17.2. The zero-order chi connectivity index (χ0) is 25.4. The summed E-state index contributed by atoms with van der Waals surface area (Å²) in [7, 11) is -3.26.